The van der Waals surface area contributed by atoms with Crippen molar-refractivity contribution in [3.8, 4) is 5.75 Å². The van der Waals surface area contributed by atoms with Crippen LogP contribution in [0.5, 0.6) is 5.75 Å². The summed E-state index contributed by atoms with van der Waals surface area (Å²) in [6.07, 6.45) is 2.55. The lowest BCUT2D eigenvalue weighted by Crippen LogP contribution is -2.19. The van der Waals surface area contributed by atoms with E-state index in [1.807, 2.05) is 0 Å². The number of halogens is 1. The number of carbonyl (C=O) groups is 2. The third kappa shape index (κ3) is 4.18. The third-order valence-corrected chi connectivity index (χ3v) is 4.02. The summed E-state index contributed by atoms with van der Waals surface area (Å²) in [5.41, 5.74) is 0.710. The van der Waals surface area contributed by atoms with Crippen LogP contribution in [-0.2, 0) is 14.3 Å². The minimum absolute atomic E-state index is 0.131. The van der Waals surface area contributed by atoms with Crippen LogP contribution < -0.4 is 5.32 Å². The normalized spacial score (nSPS) is 18.2. The molecule has 114 valence electrons. The predicted octanol–water partition coefficient (Wildman–Crippen LogP) is 1.76. The number of hydrogen-bond donors (Lipinski definition) is 2. The number of hydrogen-bond acceptors (Lipinski definition) is 7. The van der Waals surface area contributed by atoms with Crippen molar-refractivity contribution < 1.29 is 19.4 Å². The summed E-state index contributed by atoms with van der Waals surface area (Å²) >= 11 is 4.27. The van der Waals surface area contributed by atoms with Gasteiger partial charge in [0.15, 0.2) is 5.17 Å². The first-order valence-electron chi connectivity index (χ1n) is 5.88. The van der Waals surface area contributed by atoms with Gasteiger partial charge in [-0.05, 0) is 45.9 Å². The van der Waals surface area contributed by atoms with Gasteiger partial charge in [0, 0.05) is 16.1 Å². The fourth-order valence-electron chi connectivity index (χ4n) is 1.41. The Labute approximate surface area is 138 Å². The number of phenolic OH excluding ortho intramolecular Hbond substituents is 1. The second kappa shape index (κ2) is 7.23. The minimum atomic E-state index is -0.615. The topological polar surface area (TPSA) is 100 Å². The molecule has 1 aromatic rings. The molecule has 0 spiro atoms. The molecule has 1 aliphatic rings. The highest BCUT2D eigenvalue weighted by Crippen LogP contribution is 2.24. The van der Waals surface area contributed by atoms with E-state index in [1.165, 1.54) is 25.5 Å². The van der Waals surface area contributed by atoms with E-state index in [0.29, 0.717) is 10.0 Å². The standard InChI is InChI=1S/C13H10BrN3O4S/c1-21-11(19)5-10-12(20)16-13(22-10)17-15-6-7-2-3-8(18)4-9(7)14/h2-6,18H,1H3,(H,16,17,20)/b10-5+,15-6?. The van der Waals surface area contributed by atoms with Gasteiger partial charge in [-0.1, -0.05) is 0 Å². The van der Waals surface area contributed by atoms with E-state index in [1.54, 1.807) is 6.07 Å². The lowest BCUT2D eigenvalue weighted by molar-refractivity contribution is -0.135. The maximum absolute atomic E-state index is 11.6. The Morgan fingerprint density at radius 2 is 2.27 bits per heavy atom. The summed E-state index contributed by atoms with van der Waals surface area (Å²) in [6, 6.07) is 4.70. The van der Waals surface area contributed by atoms with Crippen molar-refractivity contribution in [1.82, 2.24) is 5.32 Å². The number of rotatable bonds is 3. The van der Waals surface area contributed by atoms with Gasteiger partial charge in [0.05, 0.1) is 18.2 Å². The third-order valence-electron chi connectivity index (χ3n) is 2.43. The summed E-state index contributed by atoms with van der Waals surface area (Å²) in [6.45, 7) is 0. The molecule has 1 aliphatic heterocycles. The molecule has 2 N–H and O–H groups in total. The molecule has 1 aromatic carbocycles. The van der Waals surface area contributed by atoms with Gasteiger partial charge >= 0.3 is 5.97 Å². The highest BCUT2D eigenvalue weighted by Gasteiger charge is 2.24. The van der Waals surface area contributed by atoms with Gasteiger partial charge in [-0.2, -0.15) is 5.10 Å². The smallest absolute Gasteiger partial charge is 0.331 e. The molecule has 1 heterocycles. The molecule has 0 aliphatic carbocycles. The molecule has 7 nitrogen and oxygen atoms in total. The van der Waals surface area contributed by atoms with Crippen LogP contribution in [0.25, 0.3) is 0 Å². The summed E-state index contributed by atoms with van der Waals surface area (Å²) in [7, 11) is 1.23. The van der Waals surface area contributed by atoms with Crippen LogP contribution in [0, 0.1) is 0 Å². The molecule has 1 amide bonds. The van der Waals surface area contributed by atoms with Crippen LogP contribution >= 0.6 is 27.7 Å². The molecule has 0 aromatic heterocycles. The number of aromatic hydroxyl groups is 1. The Hall–Kier alpha value is -2.13. The zero-order valence-electron chi connectivity index (χ0n) is 11.2. The fourth-order valence-corrected chi connectivity index (χ4v) is 2.61. The number of phenols is 1. The van der Waals surface area contributed by atoms with Crippen LogP contribution in [0.3, 0.4) is 0 Å². The Balaban J connectivity index is 2.08. The summed E-state index contributed by atoms with van der Waals surface area (Å²) in [4.78, 5) is 22.9. The van der Waals surface area contributed by atoms with Crippen LogP contribution in [0.4, 0.5) is 0 Å². The Morgan fingerprint density at radius 3 is 2.95 bits per heavy atom. The van der Waals surface area contributed by atoms with Crippen molar-refractivity contribution in [1.29, 1.82) is 0 Å². The van der Waals surface area contributed by atoms with Crippen molar-refractivity contribution in [3.63, 3.8) is 0 Å². The van der Waals surface area contributed by atoms with E-state index in [9.17, 15) is 14.7 Å². The van der Waals surface area contributed by atoms with Gasteiger partial charge in [0.25, 0.3) is 5.91 Å². The molecule has 0 atom stereocenters. The fraction of sp³-hybridized carbons (Fsp3) is 0.0769. The SMILES string of the molecule is COC(=O)/C=C1/S/C(=N\N=Cc2ccc(O)cc2Br)NC1=O. The quantitative estimate of drug-likeness (QED) is 0.358. The first-order valence-corrected chi connectivity index (χ1v) is 7.49. The van der Waals surface area contributed by atoms with E-state index >= 15 is 0 Å². The summed E-state index contributed by atoms with van der Waals surface area (Å²) in [5, 5.41) is 19.7. The van der Waals surface area contributed by atoms with E-state index in [0.717, 1.165) is 17.8 Å². The molecule has 0 unspecified atom stereocenters. The number of amides is 1. The average Bonchev–Trinajstić information content (AvgIpc) is 2.81. The molecular formula is C13H10BrN3O4S. The Bertz CT molecular complexity index is 715. The van der Waals surface area contributed by atoms with E-state index < -0.39 is 11.9 Å². The van der Waals surface area contributed by atoms with Crippen molar-refractivity contribution >= 4 is 51.0 Å². The second-order valence-corrected chi connectivity index (χ2v) is 5.83. The number of ether oxygens (including phenoxy) is 1. The number of benzene rings is 1. The predicted molar refractivity (Wildman–Crippen MR) is 86.7 cm³/mol. The lowest BCUT2D eigenvalue weighted by Gasteiger charge is -1.97. The number of nitrogens with one attached hydrogen (secondary N) is 1. The van der Waals surface area contributed by atoms with E-state index in [-0.39, 0.29) is 15.8 Å². The van der Waals surface area contributed by atoms with E-state index in [2.05, 4.69) is 36.2 Å². The zero-order chi connectivity index (χ0) is 16.1. The Kier molecular flexibility index (Phi) is 5.34. The van der Waals surface area contributed by atoms with Crippen LogP contribution in [0.2, 0.25) is 0 Å². The first kappa shape index (κ1) is 16.2. The first-order chi connectivity index (χ1) is 10.5. The van der Waals surface area contributed by atoms with Crippen molar-refractivity contribution in [2.75, 3.05) is 7.11 Å². The molecule has 1 saturated heterocycles. The average molecular weight is 384 g/mol. The minimum Gasteiger partial charge on any atom is -0.508 e. The van der Waals surface area contributed by atoms with Gasteiger partial charge in [-0.15, -0.1) is 5.10 Å². The van der Waals surface area contributed by atoms with Gasteiger partial charge in [-0.3, -0.25) is 10.1 Å². The maximum atomic E-state index is 11.6. The zero-order valence-corrected chi connectivity index (χ0v) is 13.6. The highest BCUT2D eigenvalue weighted by molar-refractivity contribution is 9.10. The largest absolute Gasteiger partial charge is 0.508 e. The number of methoxy groups -OCH3 is 1. The molecule has 0 bridgehead atoms. The van der Waals surface area contributed by atoms with Crippen LogP contribution in [0.1, 0.15) is 5.56 Å². The second-order valence-electron chi connectivity index (χ2n) is 3.94. The summed E-state index contributed by atoms with van der Waals surface area (Å²) < 4.78 is 5.11. The number of thioether (sulfide) groups is 1. The van der Waals surface area contributed by atoms with Gasteiger partial charge in [-0.25, -0.2) is 4.79 Å². The molecule has 9 heteroatoms. The highest BCUT2D eigenvalue weighted by atomic mass is 79.9. The number of nitrogens with zero attached hydrogens (tertiary/aromatic N) is 2. The summed E-state index contributed by atoms with van der Waals surface area (Å²) in [5.74, 6) is -0.919. The molecule has 2 rings (SSSR count). The van der Waals surface area contributed by atoms with Crippen molar-refractivity contribution in [2.24, 2.45) is 10.2 Å². The number of carbonyl (C=O) groups excluding carboxylic acids is 2. The van der Waals surface area contributed by atoms with Crippen LogP contribution in [-0.4, -0.2) is 35.5 Å². The monoisotopic (exact) mass is 383 g/mol. The Morgan fingerprint density at radius 1 is 1.50 bits per heavy atom. The number of amidine groups is 1. The van der Waals surface area contributed by atoms with Gasteiger partial charge in [0.1, 0.15) is 5.75 Å². The van der Waals surface area contributed by atoms with Crippen LogP contribution in [0.15, 0.2) is 43.9 Å². The van der Waals surface area contributed by atoms with Crippen molar-refractivity contribution in [3.05, 3.63) is 39.2 Å². The molecule has 0 radical (unpaired) electrons. The molecule has 22 heavy (non-hydrogen) atoms. The maximum Gasteiger partial charge on any atom is 0.331 e. The molecule has 1 fully saturated rings. The van der Waals surface area contributed by atoms with Gasteiger partial charge < -0.3 is 9.84 Å². The van der Waals surface area contributed by atoms with Crippen molar-refractivity contribution in [2.45, 2.75) is 0 Å². The lowest BCUT2D eigenvalue weighted by atomic mass is 10.2. The molecular weight excluding hydrogens is 374 g/mol. The molecule has 0 saturated carbocycles. The number of esters is 1. The van der Waals surface area contributed by atoms with Gasteiger partial charge in [0.2, 0.25) is 0 Å². The van der Waals surface area contributed by atoms with E-state index in [4.69, 9.17) is 0 Å².